The van der Waals surface area contributed by atoms with E-state index in [2.05, 4.69) is 15.1 Å². The summed E-state index contributed by atoms with van der Waals surface area (Å²) in [6, 6.07) is 9.97. The maximum atomic E-state index is 10.2. The molecule has 1 aromatic heterocycles. The van der Waals surface area contributed by atoms with Crippen molar-refractivity contribution < 1.29 is 14.6 Å². The summed E-state index contributed by atoms with van der Waals surface area (Å²) in [7, 11) is 1.91. The van der Waals surface area contributed by atoms with Gasteiger partial charge in [0.2, 0.25) is 0 Å². The molecule has 0 radical (unpaired) electrons. The van der Waals surface area contributed by atoms with Crippen LogP contribution in [0.2, 0.25) is 0 Å². The fraction of sp³-hybridized carbons (Fsp3) is 0.529. The molecule has 24 heavy (non-hydrogen) atoms. The first-order chi connectivity index (χ1) is 11.7. The highest BCUT2D eigenvalue weighted by molar-refractivity contribution is 5.13. The minimum absolute atomic E-state index is 0.108. The molecule has 7 heteroatoms. The van der Waals surface area contributed by atoms with Crippen LogP contribution in [0.3, 0.4) is 0 Å². The van der Waals surface area contributed by atoms with Gasteiger partial charge in [0.1, 0.15) is 12.4 Å². The molecule has 1 saturated heterocycles. The lowest BCUT2D eigenvalue weighted by Gasteiger charge is -2.33. The van der Waals surface area contributed by atoms with Crippen molar-refractivity contribution in [2.24, 2.45) is 7.05 Å². The summed E-state index contributed by atoms with van der Waals surface area (Å²) in [5.41, 5.74) is 1.11. The topological polar surface area (TPSA) is 72.6 Å². The van der Waals surface area contributed by atoms with Crippen LogP contribution in [0, 0.1) is 0 Å². The van der Waals surface area contributed by atoms with Crippen molar-refractivity contribution in [3.63, 3.8) is 0 Å². The SMILES string of the molecule is Cn1cnnc1[C@@H]1CN(C[C@@H](O)COCc2ccccc2)CCO1. The van der Waals surface area contributed by atoms with Crippen molar-refractivity contribution in [3.8, 4) is 0 Å². The van der Waals surface area contributed by atoms with Gasteiger partial charge >= 0.3 is 0 Å². The molecule has 0 saturated carbocycles. The van der Waals surface area contributed by atoms with Crippen LogP contribution < -0.4 is 0 Å². The smallest absolute Gasteiger partial charge is 0.163 e. The molecule has 1 aliphatic heterocycles. The summed E-state index contributed by atoms with van der Waals surface area (Å²) in [4.78, 5) is 2.18. The summed E-state index contributed by atoms with van der Waals surface area (Å²) in [5, 5.41) is 18.2. The number of benzene rings is 1. The van der Waals surface area contributed by atoms with E-state index in [1.807, 2.05) is 41.9 Å². The van der Waals surface area contributed by atoms with Crippen LogP contribution in [0.5, 0.6) is 0 Å². The van der Waals surface area contributed by atoms with Crippen LogP contribution in [0.15, 0.2) is 36.7 Å². The number of rotatable bonds is 7. The van der Waals surface area contributed by atoms with Gasteiger partial charge in [-0.1, -0.05) is 30.3 Å². The van der Waals surface area contributed by atoms with Crippen molar-refractivity contribution in [3.05, 3.63) is 48.0 Å². The summed E-state index contributed by atoms with van der Waals surface area (Å²) in [6.45, 7) is 3.51. The van der Waals surface area contributed by atoms with Gasteiger partial charge in [0.25, 0.3) is 0 Å². The Kier molecular flexibility index (Phi) is 5.92. The van der Waals surface area contributed by atoms with Gasteiger partial charge in [-0.3, -0.25) is 4.90 Å². The van der Waals surface area contributed by atoms with Gasteiger partial charge in [0, 0.05) is 26.7 Å². The van der Waals surface area contributed by atoms with Gasteiger partial charge < -0.3 is 19.1 Å². The number of hydrogen-bond acceptors (Lipinski definition) is 6. The zero-order chi connectivity index (χ0) is 16.8. The van der Waals surface area contributed by atoms with Crippen molar-refractivity contribution in [2.75, 3.05) is 32.8 Å². The van der Waals surface area contributed by atoms with Gasteiger partial charge in [-0.05, 0) is 5.56 Å². The highest BCUT2D eigenvalue weighted by atomic mass is 16.5. The normalized spacial score (nSPS) is 20.2. The Hall–Kier alpha value is -1.80. The fourth-order valence-electron chi connectivity index (χ4n) is 2.85. The quantitative estimate of drug-likeness (QED) is 0.807. The molecule has 7 nitrogen and oxygen atoms in total. The molecule has 1 aliphatic rings. The first kappa shape index (κ1) is 17.0. The second-order valence-corrected chi connectivity index (χ2v) is 6.07. The van der Waals surface area contributed by atoms with E-state index >= 15 is 0 Å². The minimum Gasteiger partial charge on any atom is -0.389 e. The van der Waals surface area contributed by atoms with Gasteiger partial charge in [-0.15, -0.1) is 10.2 Å². The first-order valence-corrected chi connectivity index (χ1v) is 8.20. The molecule has 1 N–H and O–H groups in total. The molecule has 0 bridgehead atoms. The summed E-state index contributed by atoms with van der Waals surface area (Å²) in [6.07, 6.45) is 1.04. The van der Waals surface area contributed by atoms with E-state index in [0.29, 0.717) is 32.9 Å². The third-order valence-corrected chi connectivity index (χ3v) is 4.08. The van der Waals surface area contributed by atoms with Crippen molar-refractivity contribution >= 4 is 0 Å². The molecular weight excluding hydrogens is 308 g/mol. The number of aliphatic hydroxyl groups is 1. The third kappa shape index (κ3) is 4.61. The van der Waals surface area contributed by atoms with Crippen LogP contribution in [0.1, 0.15) is 17.5 Å². The van der Waals surface area contributed by atoms with E-state index in [0.717, 1.165) is 17.9 Å². The van der Waals surface area contributed by atoms with Gasteiger partial charge in [0.05, 0.1) is 25.9 Å². The molecule has 0 unspecified atom stereocenters. The average Bonchev–Trinajstić information content (AvgIpc) is 3.02. The maximum absolute atomic E-state index is 10.2. The first-order valence-electron chi connectivity index (χ1n) is 8.20. The second kappa shape index (κ2) is 8.34. The molecule has 0 amide bonds. The molecule has 130 valence electrons. The molecule has 2 aromatic rings. The van der Waals surface area contributed by atoms with Crippen molar-refractivity contribution in [2.45, 2.75) is 18.8 Å². The zero-order valence-corrected chi connectivity index (χ0v) is 13.9. The maximum Gasteiger partial charge on any atom is 0.163 e. The predicted octanol–water partition coefficient (Wildman–Crippen LogP) is 0.766. The monoisotopic (exact) mass is 332 g/mol. The number of morpholine rings is 1. The largest absolute Gasteiger partial charge is 0.389 e. The number of ether oxygens (including phenoxy) is 2. The summed E-state index contributed by atoms with van der Waals surface area (Å²) in [5.74, 6) is 0.814. The lowest BCUT2D eigenvalue weighted by Crippen LogP contribution is -2.43. The second-order valence-electron chi connectivity index (χ2n) is 6.07. The molecule has 0 aliphatic carbocycles. The van der Waals surface area contributed by atoms with E-state index in [9.17, 15) is 5.11 Å². The molecule has 2 heterocycles. The number of aliphatic hydroxyl groups excluding tert-OH is 1. The molecule has 1 fully saturated rings. The van der Waals surface area contributed by atoms with Crippen LogP contribution in [-0.2, 0) is 23.1 Å². The van der Waals surface area contributed by atoms with Crippen molar-refractivity contribution in [1.29, 1.82) is 0 Å². The van der Waals surface area contributed by atoms with Crippen LogP contribution in [0.25, 0.3) is 0 Å². The Balaban J connectivity index is 1.42. The zero-order valence-electron chi connectivity index (χ0n) is 13.9. The van der Waals surface area contributed by atoms with Gasteiger partial charge in [0.15, 0.2) is 5.82 Å². The lowest BCUT2D eigenvalue weighted by molar-refractivity contribution is -0.0575. The van der Waals surface area contributed by atoms with E-state index in [-0.39, 0.29) is 6.10 Å². The number of aryl methyl sites for hydroxylation is 1. The number of hydrogen-bond donors (Lipinski definition) is 1. The standard InChI is InChI=1S/C17H24N4O3/c1-20-13-18-19-17(20)16-10-21(7-8-24-16)9-15(22)12-23-11-14-5-3-2-4-6-14/h2-6,13,15-16,22H,7-12H2,1H3/t15-,16+/m1/s1. The third-order valence-electron chi connectivity index (χ3n) is 4.08. The van der Waals surface area contributed by atoms with E-state index < -0.39 is 6.10 Å². The molecule has 1 aromatic carbocycles. The van der Waals surface area contributed by atoms with E-state index in [1.54, 1.807) is 6.33 Å². The van der Waals surface area contributed by atoms with E-state index in [4.69, 9.17) is 9.47 Å². The van der Waals surface area contributed by atoms with E-state index in [1.165, 1.54) is 0 Å². The van der Waals surface area contributed by atoms with Crippen LogP contribution >= 0.6 is 0 Å². The Morgan fingerprint density at radius 1 is 1.38 bits per heavy atom. The Labute approximate surface area is 141 Å². The Morgan fingerprint density at radius 3 is 2.96 bits per heavy atom. The Morgan fingerprint density at radius 2 is 2.21 bits per heavy atom. The average molecular weight is 332 g/mol. The molecule has 3 rings (SSSR count). The van der Waals surface area contributed by atoms with Gasteiger partial charge in [-0.25, -0.2) is 0 Å². The van der Waals surface area contributed by atoms with Crippen LogP contribution in [0.4, 0.5) is 0 Å². The van der Waals surface area contributed by atoms with Crippen LogP contribution in [-0.4, -0.2) is 63.7 Å². The van der Waals surface area contributed by atoms with Gasteiger partial charge in [-0.2, -0.15) is 0 Å². The summed E-state index contributed by atoms with van der Waals surface area (Å²) < 4.78 is 13.3. The summed E-state index contributed by atoms with van der Waals surface area (Å²) >= 11 is 0. The minimum atomic E-state index is -0.521. The Bertz CT molecular complexity index is 619. The number of nitrogens with zero attached hydrogens (tertiary/aromatic N) is 4. The molecular formula is C17H24N4O3. The van der Waals surface area contributed by atoms with Crippen molar-refractivity contribution in [1.82, 2.24) is 19.7 Å². The molecule has 0 spiro atoms. The highest BCUT2D eigenvalue weighted by Crippen LogP contribution is 2.19. The molecule has 2 atom stereocenters. The number of β-amino-alcohol motifs (C(OH)–C–C–N with tert-alkyl or cyclic N) is 1. The lowest BCUT2D eigenvalue weighted by atomic mass is 10.2. The highest BCUT2D eigenvalue weighted by Gasteiger charge is 2.26. The predicted molar refractivity (Wildman–Crippen MR) is 88.2 cm³/mol. The number of aromatic nitrogens is 3. The fourth-order valence-corrected chi connectivity index (χ4v) is 2.85.